The first-order chi connectivity index (χ1) is 6.24. The lowest BCUT2D eigenvalue weighted by atomic mass is 10.3. The Morgan fingerprint density at radius 1 is 1.62 bits per heavy atom. The molecule has 1 aliphatic carbocycles. The molecule has 0 heterocycles. The van der Waals surface area contributed by atoms with Gasteiger partial charge in [0.25, 0.3) is 0 Å². The monoisotopic (exact) mass is 183 g/mol. The zero-order valence-corrected chi connectivity index (χ0v) is 8.07. The average Bonchev–Trinajstić information content (AvgIpc) is 2.87. The van der Waals surface area contributed by atoms with Crippen molar-refractivity contribution in [2.75, 3.05) is 6.54 Å². The van der Waals surface area contributed by atoms with Crippen molar-refractivity contribution in [1.82, 2.24) is 4.90 Å². The van der Waals surface area contributed by atoms with Crippen LogP contribution in [0.1, 0.15) is 32.6 Å². The summed E-state index contributed by atoms with van der Waals surface area (Å²) in [7, 11) is 0. The number of rotatable bonds is 6. The lowest BCUT2D eigenvalue weighted by molar-refractivity contribution is -0.131. The number of carbonyl (C=O) groups is 1. The zero-order chi connectivity index (χ0) is 9.68. The number of unbranched alkanes of at least 4 members (excludes halogenated alkanes) is 1. The summed E-state index contributed by atoms with van der Waals surface area (Å²) in [6.45, 7) is 3.14. The smallest absolute Gasteiger partial charge is 0.329 e. The summed E-state index contributed by atoms with van der Waals surface area (Å²) in [6.07, 6.45) is 7.68. The Morgan fingerprint density at radius 2 is 2.31 bits per heavy atom. The molecule has 1 rings (SSSR count). The van der Waals surface area contributed by atoms with Crippen LogP contribution < -0.4 is 0 Å². The van der Waals surface area contributed by atoms with Crippen molar-refractivity contribution in [3.63, 3.8) is 0 Å². The molecule has 0 aromatic heterocycles. The number of aliphatic carboxylic acids is 1. The van der Waals surface area contributed by atoms with Crippen LogP contribution in [0.15, 0.2) is 12.3 Å². The van der Waals surface area contributed by atoms with Gasteiger partial charge < -0.3 is 10.0 Å². The van der Waals surface area contributed by atoms with Gasteiger partial charge in [-0.2, -0.15) is 0 Å². The lowest BCUT2D eigenvalue weighted by Gasteiger charge is -2.18. The highest BCUT2D eigenvalue weighted by Gasteiger charge is 2.26. The van der Waals surface area contributed by atoms with Crippen LogP contribution in [-0.4, -0.2) is 28.6 Å². The number of nitrogens with zero attached hydrogens (tertiary/aromatic N) is 1. The number of carboxylic acids is 1. The predicted octanol–water partition coefficient (Wildman–Crippen LogP) is 1.85. The predicted molar refractivity (Wildman–Crippen MR) is 51.4 cm³/mol. The maximum absolute atomic E-state index is 10.3. The van der Waals surface area contributed by atoms with E-state index in [9.17, 15) is 4.79 Å². The minimum atomic E-state index is -0.859. The maximum Gasteiger partial charge on any atom is 0.329 e. The van der Waals surface area contributed by atoms with E-state index in [1.165, 1.54) is 18.9 Å². The summed E-state index contributed by atoms with van der Waals surface area (Å²) in [5, 5.41) is 8.48. The highest BCUT2D eigenvalue weighted by molar-refractivity contribution is 5.79. The van der Waals surface area contributed by atoms with Gasteiger partial charge in [-0.25, -0.2) is 4.79 Å². The molecular formula is C10H17NO2. The van der Waals surface area contributed by atoms with E-state index in [4.69, 9.17) is 5.11 Å². The highest BCUT2D eigenvalue weighted by Crippen LogP contribution is 2.27. The van der Waals surface area contributed by atoms with E-state index < -0.39 is 5.97 Å². The molecule has 0 bridgehead atoms. The van der Waals surface area contributed by atoms with Crippen LogP contribution >= 0.6 is 0 Å². The zero-order valence-electron chi connectivity index (χ0n) is 8.07. The normalized spacial score (nSPS) is 16.4. The Hall–Kier alpha value is -0.990. The summed E-state index contributed by atoms with van der Waals surface area (Å²) in [5.41, 5.74) is 0. The second-order valence-corrected chi connectivity index (χ2v) is 3.48. The number of hydrogen-bond donors (Lipinski definition) is 1. The molecule has 0 saturated heterocycles. The molecule has 13 heavy (non-hydrogen) atoms. The lowest BCUT2D eigenvalue weighted by Crippen LogP contribution is -2.21. The van der Waals surface area contributed by atoms with Gasteiger partial charge in [0.05, 0.1) is 0 Å². The van der Waals surface area contributed by atoms with Gasteiger partial charge in [-0.05, 0) is 19.3 Å². The molecule has 0 spiro atoms. The van der Waals surface area contributed by atoms with Gasteiger partial charge in [0.1, 0.15) is 0 Å². The van der Waals surface area contributed by atoms with E-state index in [-0.39, 0.29) is 0 Å². The first-order valence-electron chi connectivity index (χ1n) is 4.91. The van der Waals surface area contributed by atoms with Gasteiger partial charge in [0.2, 0.25) is 0 Å². The molecule has 3 heteroatoms. The fourth-order valence-electron chi connectivity index (χ4n) is 1.29. The minimum absolute atomic E-state index is 0.613. The van der Waals surface area contributed by atoms with Crippen molar-refractivity contribution < 1.29 is 9.90 Å². The van der Waals surface area contributed by atoms with Crippen LogP contribution in [0.25, 0.3) is 0 Å². The largest absolute Gasteiger partial charge is 0.478 e. The van der Waals surface area contributed by atoms with Crippen LogP contribution in [0.2, 0.25) is 0 Å². The maximum atomic E-state index is 10.3. The summed E-state index contributed by atoms with van der Waals surface area (Å²) in [6, 6.07) is 0.613. The fraction of sp³-hybridized carbons (Fsp3) is 0.700. The third kappa shape index (κ3) is 3.97. The first-order valence-corrected chi connectivity index (χ1v) is 4.91. The summed E-state index contributed by atoms with van der Waals surface area (Å²) in [5.74, 6) is -0.859. The minimum Gasteiger partial charge on any atom is -0.478 e. The molecule has 1 fully saturated rings. The molecule has 0 aliphatic heterocycles. The van der Waals surface area contributed by atoms with E-state index in [0.717, 1.165) is 19.4 Å². The van der Waals surface area contributed by atoms with Crippen LogP contribution in [0.4, 0.5) is 0 Å². The molecule has 3 nitrogen and oxygen atoms in total. The molecule has 0 aromatic carbocycles. The molecule has 1 saturated carbocycles. The van der Waals surface area contributed by atoms with Crippen LogP contribution in [-0.2, 0) is 4.79 Å². The quantitative estimate of drug-likeness (QED) is 0.639. The first kappa shape index (κ1) is 10.1. The van der Waals surface area contributed by atoms with Gasteiger partial charge in [-0.15, -0.1) is 0 Å². The molecule has 0 radical (unpaired) electrons. The molecule has 0 atom stereocenters. The van der Waals surface area contributed by atoms with Gasteiger partial charge in [0, 0.05) is 24.9 Å². The van der Waals surface area contributed by atoms with Gasteiger partial charge in [-0.3, -0.25) is 0 Å². The highest BCUT2D eigenvalue weighted by atomic mass is 16.4. The second-order valence-electron chi connectivity index (χ2n) is 3.48. The number of carboxylic acid groups (broad SMARTS) is 1. The summed E-state index contributed by atoms with van der Waals surface area (Å²) < 4.78 is 0. The van der Waals surface area contributed by atoms with Crippen molar-refractivity contribution in [2.45, 2.75) is 38.6 Å². The molecule has 1 aliphatic rings. The number of hydrogen-bond acceptors (Lipinski definition) is 2. The van der Waals surface area contributed by atoms with E-state index in [2.05, 4.69) is 11.8 Å². The summed E-state index contributed by atoms with van der Waals surface area (Å²) in [4.78, 5) is 12.5. The van der Waals surface area contributed by atoms with Gasteiger partial charge in [-0.1, -0.05) is 13.3 Å². The van der Waals surface area contributed by atoms with E-state index in [0.29, 0.717) is 6.04 Å². The average molecular weight is 183 g/mol. The third-order valence-electron chi connectivity index (χ3n) is 2.19. The SMILES string of the molecule is CCCCN(C=CC(=O)O)C1CC1. The topological polar surface area (TPSA) is 40.5 Å². The Bertz CT molecular complexity index is 197. The van der Waals surface area contributed by atoms with Gasteiger partial charge in [0.15, 0.2) is 0 Å². The van der Waals surface area contributed by atoms with Gasteiger partial charge >= 0.3 is 5.97 Å². The Balaban J connectivity index is 2.33. The van der Waals surface area contributed by atoms with E-state index in [1.807, 2.05) is 0 Å². The van der Waals surface area contributed by atoms with Crippen molar-refractivity contribution >= 4 is 5.97 Å². The molecule has 74 valence electrons. The fourth-order valence-corrected chi connectivity index (χ4v) is 1.29. The Labute approximate surface area is 79.0 Å². The van der Waals surface area contributed by atoms with E-state index >= 15 is 0 Å². The Morgan fingerprint density at radius 3 is 2.77 bits per heavy atom. The van der Waals surface area contributed by atoms with Crippen molar-refractivity contribution in [1.29, 1.82) is 0 Å². The summed E-state index contributed by atoms with van der Waals surface area (Å²) >= 11 is 0. The van der Waals surface area contributed by atoms with Crippen LogP contribution in [0.3, 0.4) is 0 Å². The molecule has 1 N–H and O–H groups in total. The second kappa shape index (κ2) is 4.90. The third-order valence-corrected chi connectivity index (χ3v) is 2.19. The Kier molecular flexibility index (Phi) is 3.80. The van der Waals surface area contributed by atoms with Crippen LogP contribution in [0.5, 0.6) is 0 Å². The van der Waals surface area contributed by atoms with Crippen molar-refractivity contribution in [2.24, 2.45) is 0 Å². The standard InChI is InChI=1S/C10H17NO2/c1-2-3-7-11(9-4-5-9)8-6-10(12)13/h6,8-9H,2-5,7H2,1H3,(H,12,13). The van der Waals surface area contributed by atoms with Crippen molar-refractivity contribution in [3.8, 4) is 0 Å². The van der Waals surface area contributed by atoms with Crippen molar-refractivity contribution in [3.05, 3.63) is 12.3 Å². The van der Waals surface area contributed by atoms with E-state index in [1.54, 1.807) is 6.20 Å². The molecular weight excluding hydrogens is 166 g/mol. The molecule has 0 aromatic rings. The molecule has 0 unspecified atom stereocenters. The molecule has 0 amide bonds. The van der Waals surface area contributed by atoms with Crippen LogP contribution in [0, 0.1) is 0 Å².